The predicted molar refractivity (Wildman–Crippen MR) is 77.7 cm³/mol. The van der Waals surface area contributed by atoms with E-state index in [1.165, 1.54) is 0 Å². The highest BCUT2D eigenvalue weighted by atomic mass is 32.2. The molecule has 2 unspecified atom stereocenters. The molecule has 0 bridgehead atoms. The summed E-state index contributed by atoms with van der Waals surface area (Å²) in [4.78, 5) is 2.32. The summed E-state index contributed by atoms with van der Waals surface area (Å²) >= 11 is 0. The summed E-state index contributed by atoms with van der Waals surface area (Å²) in [6.07, 6.45) is 5.33. The fraction of sp³-hybridized carbons (Fsp3) is 1.00. The Bertz CT molecular complexity index is 366. The van der Waals surface area contributed by atoms with Gasteiger partial charge in [-0.1, -0.05) is 13.3 Å². The first-order valence-corrected chi connectivity index (χ1v) is 9.20. The van der Waals surface area contributed by atoms with Crippen LogP contribution in [0.3, 0.4) is 0 Å². The molecule has 2 fully saturated rings. The molecule has 2 aliphatic rings. The van der Waals surface area contributed by atoms with Crippen LogP contribution in [0, 0.1) is 0 Å². The van der Waals surface area contributed by atoms with Crippen molar-refractivity contribution in [2.75, 3.05) is 31.9 Å². The maximum absolute atomic E-state index is 12.2. The fourth-order valence-corrected chi connectivity index (χ4v) is 4.68. The van der Waals surface area contributed by atoms with Crippen LogP contribution < -0.4 is 10.0 Å². The minimum atomic E-state index is -3.15. The molecule has 6 heteroatoms. The lowest BCUT2D eigenvalue weighted by molar-refractivity contribution is 0.211. The van der Waals surface area contributed by atoms with Crippen LogP contribution in [0.1, 0.15) is 39.0 Å². The number of hydrogen-bond donors (Lipinski definition) is 2. The van der Waals surface area contributed by atoms with Gasteiger partial charge in [0.05, 0.1) is 5.75 Å². The Morgan fingerprint density at radius 1 is 1.26 bits per heavy atom. The van der Waals surface area contributed by atoms with Crippen molar-refractivity contribution < 1.29 is 8.42 Å². The van der Waals surface area contributed by atoms with Crippen LogP contribution >= 0.6 is 0 Å². The van der Waals surface area contributed by atoms with Crippen LogP contribution in [-0.4, -0.2) is 57.3 Å². The molecular formula is C13H27N3O2S. The minimum Gasteiger partial charge on any atom is -0.313 e. The van der Waals surface area contributed by atoms with Crippen LogP contribution in [0.2, 0.25) is 0 Å². The van der Waals surface area contributed by atoms with Gasteiger partial charge in [-0.25, -0.2) is 13.1 Å². The van der Waals surface area contributed by atoms with Gasteiger partial charge in [0.2, 0.25) is 10.0 Å². The van der Waals surface area contributed by atoms with Gasteiger partial charge in [-0.3, -0.25) is 0 Å². The quantitative estimate of drug-likeness (QED) is 0.775. The second-order valence-corrected chi connectivity index (χ2v) is 7.58. The largest absolute Gasteiger partial charge is 0.313 e. The van der Waals surface area contributed by atoms with Crippen molar-refractivity contribution in [1.82, 2.24) is 14.9 Å². The Balaban J connectivity index is 1.82. The number of nitrogens with one attached hydrogen (secondary N) is 2. The first kappa shape index (κ1) is 15.2. The van der Waals surface area contributed by atoms with E-state index in [0.29, 0.717) is 0 Å². The zero-order valence-corrected chi connectivity index (χ0v) is 12.7. The first-order chi connectivity index (χ1) is 9.09. The van der Waals surface area contributed by atoms with E-state index in [0.717, 1.165) is 58.3 Å². The summed E-state index contributed by atoms with van der Waals surface area (Å²) in [5.74, 6) is 0.232. The smallest absolute Gasteiger partial charge is 0.213 e. The zero-order chi connectivity index (χ0) is 13.7. The Morgan fingerprint density at radius 2 is 2.11 bits per heavy atom. The van der Waals surface area contributed by atoms with E-state index in [2.05, 4.69) is 21.9 Å². The number of nitrogens with zero attached hydrogens (tertiary/aromatic N) is 1. The van der Waals surface area contributed by atoms with E-state index in [-0.39, 0.29) is 17.8 Å². The molecule has 5 nitrogen and oxygen atoms in total. The van der Waals surface area contributed by atoms with Gasteiger partial charge in [0, 0.05) is 18.6 Å². The SMILES string of the molecule is CCN1CCCC(NS(=O)(=O)CC2CCCCN2)C1. The van der Waals surface area contributed by atoms with Crippen molar-refractivity contribution in [3.8, 4) is 0 Å². The number of likely N-dealkylation sites (N-methyl/N-ethyl adjacent to an activating group) is 1. The van der Waals surface area contributed by atoms with Crippen LogP contribution in [0.4, 0.5) is 0 Å². The average molecular weight is 289 g/mol. The van der Waals surface area contributed by atoms with Gasteiger partial charge >= 0.3 is 0 Å². The molecule has 0 amide bonds. The third kappa shape index (κ3) is 5.02. The molecule has 2 atom stereocenters. The van der Waals surface area contributed by atoms with E-state index in [1.807, 2.05) is 0 Å². The van der Waals surface area contributed by atoms with Crippen molar-refractivity contribution in [2.24, 2.45) is 0 Å². The van der Waals surface area contributed by atoms with E-state index in [4.69, 9.17) is 0 Å². The van der Waals surface area contributed by atoms with E-state index < -0.39 is 10.0 Å². The van der Waals surface area contributed by atoms with Crippen molar-refractivity contribution in [2.45, 2.75) is 51.1 Å². The van der Waals surface area contributed by atoms with Gasteiger partial charge in [-0.05, 0) is 45.3 Å². The average Bonchev–Trinajstić information content (AvgIpc) is 2.39. The Kier molecular flexibility index (Phi) is 5.62. The van der Waals surface area contributed by atoms with Gasteiger partial charge in [0.1, 0.15) is 0 Å². The van der Waals surface area contributed by atoms with Gasteiger partial charge in [-0.2, -0.15) is 0 Å². The Labute approximate surface area is 117 Å². The summed E-state index contributed by atoms with van der Waals surface area (Å²) < 4.78 is 27.3. The lowest BCUT2D eigenvalue weighted by atomic mass is 10.1. The highest BCUT2D eigenvalue weighted by Crippen LogP contribution is 2.12. The van der Waals surface area contributed by atoms with E-state index in [1.54, 1.807) is 0 Å². The van der Waals surface area contributed by atoms with Crippen molar-refractivity contribution in [1.29, 1.82) is 0 Å². The van der Waals surface area contributed by atoms with Gasteiger partial charge in [0.25, 0.3) is 0 Å². The van der Waals surface area contributed by atoms with Crippen LogP contribution in [-0.2, 0) is 10.0 Å². The molecule has 112 valence electrons. The van der Waals surface area contributed by atoms with Gasteiger partial charge in [0.15, 0.2) is 0 Å². The van der Waals surface area contributed by atoms with Crippen LogP contribution in [0.5, 0.6) is 0 Å². The number of piperidine rings is 2. The molecule has 2 heterocycles. The molecule has 19 heavy (non-hydrogen) atoms. The first-order valence-electron chi connectivity index (χ1n) is 7.55. The van der Waals surface area contributed by atoms with Gasteiger partial charge in [-0.15, -0.1) is 0 Å². The predicted octanol–water partition coefficient (Wildman–Crippen LogP) is 0.532. The summed E-state index contributed by atoms with van der Waals surface area (Å²) in [5.41, 5.74) is 0. The van der Waals surface area contributed by atoms with E-state index in [9.17, 15) is 8.42 Å². The number of hydrogen-bond acceptors (Lipinski definition) is 4. The fourth-order valence-electron chi connectivity index (χ4n) is 3.07. The van der Waals surface area contributed by atoms with Crippen molar-refractivity contribution in [3.05, 3.63) is 0 Å². The minimum absolute atomic E-state index is 0.0993. The summed E-state index contributed by atoms with van der Waals surface area (Å²) in [6, 6.07) is 0.236. The summed E-state index contributed by atoms with van der Waals surface area (Å²) in [5, 5.41) is 3.30. The molecule has 0 radical (unpaired) electrons. The number of rotatable bonds is 5. The van der Waals surface area contributed by atoms with E-state index >= 15 is 0 Å². The number of sulfonamides is 1. The maximum atomic E-state index is 12.2. The number of likely N-dealkylation sites (tertiary alicyclic amines) is 1. The molecule has 0 aromatic rings. The van der Waals surface area contributed by atoms with Crippen LogP contribution in [0.25, 0.3) is 0 Å². The van der Waals surface area contributed by atoms with Gasteiger partial charge < -0.3 is 10.2 Å². The second kappa shape index (κ2) is 7.02. The summed E-state index contributed by atoms with van der Waals surface area (Å²) in [6.45, 7) is 6.03. The van der Waals surface area contributed by atoms with Crippen LogP contribution in [0.15, 0.2) is 0 Å². The molecule has 0 aromatic carbocycles. The maximum Gasteiger partial charge on any atom is 0.213 e. The lowest BCUT2D eigenvalue weighted by Crippen LogP contribution is -2.50. The molecule has 0 aliphatic carbocycles. The monoisotopic (exact) mass is 289 g/mol. The summed E-state index contributed by atoms with van der Waals surface area (Å²) in [7, 11) is -3.15. The second-order valence-electron chi connectivity index (χ2n) is 5.78. The van der Waals surface area contributed by atoms with Crippen molar-refractivity contribution >= 4 is 10.0 Å². The third-order valence-corrected chi connectivity index (χ3v) is 5.67. The zero-order valence-electron chi connectivity index (χ0n) is 11.9. The lowest BCUT2D eigenvalue weighted by Gasteiger charge is -2.32. The molecule has 2 saturated heterocycles. The molecule has 2 aliphatic heterocycles. The highest BCUT2D eigenvalue weighted by Gasteiger charge is 2.26. The molecule has 0 aromatic heterocycles. The normalized spacial score (nSPS) is 30.4. The third-order valence-electron chi connectivity index (χ3n) is 4.13. The molecule has 0 spiro atoms. The Morgan fingerprint density at radius 3 is 2.79 bits per heavy atom. The topological polar surface area (TPSA) is 61.4 Å². The molecule has 0 saturated carbocycles. The molecular weight excluding hydrogens is 262 g/mol. The standard InChI is InChI=1S/C13H27N3O2S/c1-2-16-9-5-7-12(10-16)15-19(17,18)11-13-6-3-4-8-14-13/h12-15H,2-11H2,1H3. The Hall–Kier alpha value is -0.170. The highest BCUT2D eigenvalue weighted by molar-refractivity contribution is 7.89. The molecule has 2 N–H and O–H groups in total. The van der Waals surface area contributed by atoms with Crippen molar-refractivity contribution in [3.63, 3.8) is 0 Å². The molecule has 2 rings (SSSR count).